The maximum atomic E-state index is 12.4. The zero-order valence-corrected chi connectivity index (χ0v) is 14.4. The zero-order valence-electron chi connectivity index (χ0n) is 14.4. The Morgan fingerprint density at radius 1 is 1.04 bits per heavy atom. The maximum Gasteiger partial charge on any atom is 0.254 e. The third kappa shape index (κ3) is 3.39. The van der Waals surface area contributed by atoms with Crippen molar-refractivity contribution in [3.8, 4) is 0 Å². The highest BCUT2D eigenvalue weighted by Gasteiger charge is 2.27. The van der Waals surface area contributed by atoms with Gasteiger partial charge in [0.2, 0.25) is 11.8 Å². The van der Waals surface area contributed by atoms with Gasteiger partial charge < -0.3 is 20.9 Å². The molecule has 27 heavy (non-hydrogen) atoms. The average Bonchev–Trinajstić information content (AvgIpc) is 3.10. The van der Waals surface area contributed by atoms with Crippen molar-refractivity contribution in [1.82, 2.24) is 10.3 Å². The molecule has 7 heteroatoms. The average molecular weight is 362 g/mol. The van der Waals surface area contributed by atoms with Gasteiger partial charge in [0, 0.05) is 23.5 Å². The monoisotopic (exact) mass is 362 g/mol. The summed E-state index contributed by atoms with van der Waals surface area (Å²) in [7, 11) is 0. The molecule has 4 N–H and O–H groups in total. The van der Waals surface area contributed by atoms with Gasteiger partial charge >= 0.3 is 0 Å². The number of nitrogens with one attached hydrogen (secondary N) is 4. The Kier molecular flexibility index (Phi) is 4.33. The van der Waals surface area contributed by atoms with Crippen LogP contribution in [0.5, 0.6) is 0 Å². The van der Waals surface area contributed by atoms with Gasteiger partial charge in [-0.15, -0.1) is 0 Å². The van der Waals surface area contributed by atoms with E-state index in [2.05, 4.69) is 20.9 Å². The van der Waals surface area contributed by atoms with E-state index in [0.29, 0.717) is 16.9 Å². The fourth-order valence-corrected chi connectivity index (χ4v) is 3.20. The fourth-order valence-electron chi connectivity index (χ4n) is 3.20. The standard InChI is InChI=1S/C20H18N4O3/c25-18(22-15-7-3-6-14-12(15)10-11-21-14)9-8-17-20(27)23-16-5-2-1-4-13(16)19(26)24-17/h1-7,10-11,17,21H,8-9H2,(H,22,25)(H,23,27)(H,24,26)/t17-/m1/s1. The van der Waals surface area contributed by atoms with E-state index in [1.54, 1.807) is 24.3 Å². The van der Waals surface area contributed by atoms with Crippen molar-refractivity contribution in [3.63, 3.8) is 0 Å². The number of benzene rings is 2. The molecule has 0 spiro atoms. The summed E-state index contributed by atoms with van der Waals surface area (Å²) in [6.07, 6.45) is 2.12. The lowest BCUT2D eigenvalue weighted by Gasteiger charge is -2.14. The Labute approximate surface area is 155 Å². The molecule has 0 unspecified atom stereocenters. The number of carbonyl (C=O) groups is 3. The minimum absolute atomic E-state index is 0.107. The van der Waals surface area contributed by atoms with Crippen molar-refractivity contribution in [3.05, 3.63) is 60.3 Å². The van der Waals surface area contributed by atoms with Gasteiger partial charge in [-0.25, -0.2) is 0 Å². The van der Waals surface area contributed by atoms with Crippen molar-refractivity contribution in [1.29, 1.82) is 0 Å². The number of fused-ring (bicyclic) bond motifs is 2. The van der Waals surface area contributed by atoms with Gasteiger partial charge in [0.1, 0.15) is 6.04 Å². The van der Waals surface area contributed by atoms with Crippen LogP contribution in [0.25, 0.3) is 10.9 Å². The normalized spacial score (nSPS) is 16.2. The molecule has 2 heterocycles. The summed E-state index contributed by atoms with van der Waals surface area (Å²) in [5.74, 6) is -0.868. The molecule has 0 radical (unpaired) electrons. The van der Waals surface area contributed by atoms with Crippen molar-refractivity contribution in [2.75, 3.05) is 10.6 Å². The first-order chi connectivity index (χ1) is 13.1. The van der Waals surface area contributed by atoms with Crippen LogP contribution in [0.15, 0.2) is 54.7 Å². The van der Waals surface area contributed by atoms with E-state index >= 15 is 0 Å². The van der Waals surface area contributed by atoms with E-state index < -0.39 is 6.04 Å². The van der Waals surface area contributed by atoms with Crippen LogP contribution < -0.4 is 16.0 Å². The summed E-state index contributed by atoms with van der Waals surface area (Å²) >= 11 is 0. The number of hydrogen-bond acceptors (Lipinski definition) is 3. The lowest BCUT2D eigenvalue weighted by atomic mass is 10.1. The molecule has 0 bridgehead atoms. The number of aromatic amines is 1. The molecule has 0 saturated heterocycles. The first-order valence-electron chi connectivity index (χ1n) is 8.68. The Morgan fingerprint density at radius 3 is 2.78 bits per heavy atom. The van der Waals surface area contributed by atoms with E-state index in [1.807, 2.05) is 30.5 Å². The lowest BCUT2D eigenvalue weighted by molar-refractivity contribution is -0.118. The van der Waals surface area contributed by atoms with E-state index in [9.17, 15) is 14.4 Å². The minimum atomic E-state index is -0.765. The number of hydrogen-bond donors (Lipinski definition) is 4. The lowest BCUT2D eigenvalue weighted by Crippen LogP contribution is -2.41. The molecule has 3 amide bonds. The Bertz CT molecular complexity index is 1040. The third-order valence-electron chi connectivity index (χ3n) is 4.58. The van der Waals surface area contributed by atoms with Crippen molar-refractivity contribution in [2.24, 2.45) is 0 Å². The van der Waals surface area contributed by atoms with Gasteiger partial charge in [-0.1, -0.05) is 18.2 Å². The molecule has 0 fully saturated rings. The number of H-pyrrole nitrogens is 1. The highest BCUT2D eigenvalue weighted by atomic mass is 16.2. The molecule has 2 aromatic carbocycles. The SMILES string of the molecule is O=C(CC[C@H]1NC(=O)c2ccccc2NC1=O)Nc1cccc2[nH]ccc12. The molecule has 1 aliphatic heterocycles. The fraction of sp³-hybridized carbons (Fsp3) is 0.150. The first kappa shape index (κ1) is 16.8. The van der Waals surface area contributed by atoms with Crippen LogP contribution in [0.4, 0.5) is 11.4 Å². The van der Waals surface area contributed by atoms with E-state index in [1.165, 1.54) is 0 Å². The second kappa shape index (κ2) is 6.95. The highest BCUT2D eigenvalue weighted by molar-refractivity contribution is 6.10. The van der Waals surface area contributed by atoms with Gasteiger partial charge in [0.25, 0.3) is 5.91 Å². The topological polar surface area (TPSA) is 103 Å². The summed E-state index contributed by atoms with van der Waals surface area (Å²) in [5, 5.41) is 9.22. The Hall–Kier alpha value is -3.61. The first-order valence-corrected chi connectivity index (χ1v) is 8.68. The van der Waals surface area contributed by atoms with E-state index in [4.69, 9.17) is 0 Å². The molecule has 1 aliphatic rings. The minimum Gasteiger partial charge on any atom is -0.361 e. The summed E-state index contributed by atoms with van der Waals surface area (Å²) in [4.78, 5) is 40.1. The maximum absolute atomic E-state index is 12.4. The number of carbonyl (C=O) groups excluding carboxylic acids is 3. The third-order valence-corrected chi connectivity index (χ3v) is 4.58. The van der Waals surface area contributed by atoms with Crippen LogP contribution >= 0.6 is 0 Å². The van der Waals surface area contributed by atoms with Crippen LogP contribution in [0.3, 0.4) is 0 Å². The second-order valence-electron chi connectivity index (χ2n) is 6.39. The van der Waals surface area contributed by atoms with Crippen LogP contribution in [-0.4, -0.2) is 28.7 Å². The smallest absolute Gasteiger partial charge is 0.254 e. The van der Waals surface area contributed by atoms with E-state index in [0.717, 1.165) is 10.9 Å². The highest BCUT2D eigenvalue weighted by Crippen LogP contribution is 2.23. The number of amides is 3. The predicted octanol–water partition coefficient (Wildman–Crippen LogP) is 2.64. The molecule has 4 rings (SSSR count). The summed E-state index contributed by atoms with van der Waals surface area (Å²) in [6.45, 7) is 0. The number of anilines is 2. The molecular formula is C20H18N4O3. The Morgan fingerprint density at radius 2 is 1.89 bits per heavy atom. The quantitative estimate of drug-likeness (QED) is 0.574. The van der Waals surface area contributed by atoms with Gasteiger partial charge in [0.05, 0.1) is 16.9 Å². The summed E-state index contributed by atoms with van der Waals surface area (Å²) in [6, 6.07) is 13.5. The molecule has 1 atom stereocenters. The van der Waals surface area contributed by atoms with Crippen LogP contribution in [-0.2, 0) is 9.59 Å². The molecule has 0 saturated carbocycles. The van der Waals surface area contributed by atoms with Crippen molar-refractivity contribution < 1.29 is 14.4 Å². The molecule has 1 aromatic heterocycles. The largest absolute Gasteiger partial charge is 0.361 e. The van der Waals surface area contributed by atoms with Crippen LogP contribution in [0, 0.1) is 0 Å². The molecule has 3 aromatic rings. The van der Waals surface area contributed by atoms with Crippen LogP contribution in [0.2, 0.25) is 0 Å². The van der Waals surface area contributed by atoms with Crippen molar-refractivity contribution >= 4 is 40.0 Å². The zero-order chi connectivity index (χ0) is 18.8. The predicted molar refractivity (Wildman–Crippen MR) is 102 cm³/mol. The number of aromatic nitrogens is 1. The molecule has 0 aliphatic carbocycles. The number of rotatable bonds is 4. The van der Waals surface area contributed by atoms with Crippen LogP contribution in [0.1, 0.15) is 23.2 Å². The van der Waals surface area contributed by atoms with E-state index in [-0.39, 0.29) is 30.6 Å². The summed E-state index contributed by atoms with van der Waals surface area (Å²) in [5.41, 5.74) is 2.53. The van der Waals surface area contributed by atoms with Gasteiger partial charge in [-0.3, -0.25) is 14.4 Å². The molecule has 7 nitrogen and oxygen atoms in total. The Balaban J connectivity index is 1.41. The van der Waals surface area contributed by atoms with Gasteiger partial charge in [-0.2, -0.15) is 0 Å². The van der Waals surface area contributed by atoms with Gasteiger partial charge in [-0.05, 0) is 36.8 Å². The summed E-state index contributed by atoms with van der Waals surface area (Å²) < 4.78 is 0. The molecule has 136 valence electrons. The number of para-hydroxylation sites is 1. The van der Waals surface area contributed by atoms with Gasteiger partial charge in [0.15, 0.2) is 0 Å². The van der Waals surface area contributed by atoms with Crippen molar-refractivity contribution in [2.45, 2.75) is 18.9 Å². The molecular weight excluding hydrogens is 344 g/mol. The second-order valence-corrected chi connectivity index (χ2v) is 6.39.